The fourth-order valence-corrected chi connectivity index (χ4v) is 3.31. The van der Waals surface area contributed by atoms with Crippen LogP contribution in [0, 0.1) is 19.7 Å². The molecule has 0 heterocycles. The molecule has 0 saturated heterocycles. The number of benzene rings is 2. The van der Waals surface area contributed by atoms with Crippen LogP contribution in [0.5, 0.6) is 0 Å². The molecule has 2 aromatic rings. The first kappa shape index (κ1) is 18.1. The summed E-state index contributed by atoms with van der Waals surface area (Å²) in [6, 6.07) is 8.40. The molecule has 0 radical (unpaired) electrons. The summed E-state index contributed by atoms with van der Waals surface area (Å²) in [5.41, 5.74) is 1.94. The molecular formula is C17H19FN2O3S. The average molecular weight is 350 g/mol. The van der Waals surface area contributed by atoms with Crippen LogP contribution in [0.15, 0.2) is 41.3 Å². The third kappa shape index (κ3) is 3.98. The van der Waals surface area contributed by atoms with E-state index in [-0.39, 0.29) is 22.8 Å². The molecule has 0 saturated carbocycles. The number of rotatable bonds is 5. The molecule has 0 fully saturated rings. The Morgan fingerprint density at radius 3 is 2.42 bits per heavy atom. The molecule has 2 aromatic carbocycles. The molecular weight excluding hydrogens is 331 g/mol. The molecule has 0 aliphatic heterocycles. The van der Waals surface area contributed by atoms with Crippen LogP contribution >= 0.6 is 0 Å². The van der Waals surface area contributed by atoms with Crippen molar-refractivity contribution in [2.45, 2.75) is 25.7 Å². The largest absolute Gasteiger partial charge is 0.322 e. The summed E-state index contributed by atoms with van der Waals surface area (Å²) in [6.45, 7) is 5.33. The van der Waals surface area contributed by atoms with E-state index in [0.29, 0.717) is 16.8 Å². The Morgan fingerprint density at radius 1 is 1.08 bits per heavy atom. The van der Waals surface area contributed by atoms with Gasteiger partial charge in [-0.1, -0.05) is 13.0 Å². The van der Waals surface area contributed by atoms with Crippen LogP contribution in [-0.2, 0) is 10.0 Å². The van der Waals surface area contributed by atoms with Crippen LogP contribution in [0.4, 0.5) is 10.1 Å². The number of carbonyl (C=O) groups is 1. The molecule has 2 rings (SSSR count). The van der Waals surface area contributed by atoms with Crippen molar-refractivity contribution < 1.29 is 17.6 Å². The van der Waals surface area contributed by atoms with E-state index in [1.807, 2.05) is 0 Å². The number of halogens is 1. The maximum atomic E-state index is 13.1. The van der Waals surface area contributed by atoms with Gasteiger partial charge in [0.05, 0.1) is 4.90 Å². The first-order valence-electron chi connectivity index (χ1n) is 7.42. The Kier molecular flexibility index (Phi) is 5.36. The lowest BCUT2D eigenvalue weighted by Gasteiger charge is -2.12. The average Bonchev–Trinajstić information content (AvgIpc) is 2.50. The lowest BCUT2D eigenvalue weighted by Crippen LogP contribution is -2.24. The zero-order chi connectivity index (χ0) is 17.9. The number of amides is 1. The van der Waals surface area contributed by atoms with Crippen molar-refractivity contribution in [1.82, 2.24) is 4.72 Å². The molecule has 5 nitrogen and oxygen atoms in total. The second kappa shape index (κ2) is 7.11. The molecule has 1 amide bonds. The van der Waals surface area contributed by atoms with Crippen LogP contribution < -0.4 is 10.0 Å². The molecule has 0 aliphatic rings. The van der Waals surface area contributed by atoms with Gasteiger partial charge in [0, 0.05) is 17.8 Å². The summed E-state index contributed by atoms with van der Waals surface area (Å²) >= 11 is 0. The number of carbonyl (C=O) groups excluding carboxylic acids is 1. The molecule has 0 atom stereocenters. The predicted molar refractivity (Wildman–Crippen MR) is 91.1 cm³/mol. The summed E-state index contributed by atoms with van der Waals surface area (Å²) in [6.07, 6.45) is 0. The molecule has 0 bridgehead atoms. The van der Waals surface area contributed by atoms with Crippen LogP contribution in [0.3, 0.4) is 0 Å². The highest BCUT2D eigenvalue weighted by Crippen LogP contribution is 2.20. The molecule has 24 heavy (non-hydrogen) atoms. The third-order valence-corrected chi connectivity index (χ3v) is 5.08. The standard InChI is InChI=1S/C17H19FN2O3S/c1-4-19-24(22,23)14-7-5-11(2)15(10-14)17(21)20-16-8-6-13(18)9-12(16)3/h5-10,19H,4H2,1-3H3,(H,20,21). The fourth-order valence-electron chi connectivity index (χ4n) is 2.24. The van der Waals surface area contributed by atoms with Gasteiger partial charge in [0.1, 0.15) is 5.82 Å². The molecule has 2 N–H and O–H groups in total. The van der Waals surface area contributed by atoms with Gasteiger partial charge in [0.25, 0.3) is 5.91 Å². The minimum absolute atomic E-state index is 0.0240. The van der Waals surface area contributed by atoms with Gasteiger partial charge < -0.3 is 5.32 Å². The number of nitrogens with one attached hydrogen (secondary N) is 2. The normalized spacial score (nSPS) is 11.3. The van der Waals surface area contributed by atoms with Crippen LogP contribution in [0.2, 0.25) is 0 Å². The SMILES string of the molecule is CCNS(=O)(=O)c1ccc(C)c(C(=O)Nc2ccc(F)cc2C)c1. The van der Waals surface area contributed by atoms with Gasteiger partial charge in [0.15, 0.2) is 0 Å². The quantitative estimate of drug-likeness (QED) is 0.870. The Hall–Kier alpha value is -2.25. The van der Waals surface area contributed by atoms with Crippen molar-refractivity contribution in [2.75, 3.05) is 11.9 Å². The van der Waals surface area contributed by atoms with Gasteiger partial charge in [-0.2, -0.15) is 0 Å². The van der Waals surface area contributed by atoms with Gasteiger partial charge in [-0.05, 0) is 55.3 Å². The summed E-state index contributed by atoms with van der Waals surface area (Å²) in [5.74, 6) is -0.837. The highest BCUT2D eigenvalue weighted by atomic mass is 32.2. The van der Waals surface area contributed by atoms with Crippen molar-refractivity contribution >= 4 is 21.6 Å². The maximum Gasteiger partial charge on any atom is 0.255 e. The number of sulfonamides is 1. The van der Waals surface area contributed by atoms with E-state index >= 15 is 0 Å². The third-order valence-electron chi connectivity index (χ3n) is 3.53. The van der Waals surface area contributed by atoms with E-state index in [9.17, 15) is 17.6 Å². The van der Waals surface area contributed by atoms with Gasteiger partial charge in [0.2, 0.25) is 10.0 Å². The topological polar surface area (TPSA) is 75.3 Å². The fraction of sp³-hybridized carbons (Fsp3) is 0.235. The van der Waals surface area contributed by atoms with E-state index in [4.69, 9.17) is 0 Å². The number of hydrogen-bond acceptors (Lipinski definition) is 3. The highest BCUT2D eigenvalue weighted by Gasteiger charge is 2.17. The van der Waals surface area contributed by atoms with E-state index < -0.39 is 15.9 Å². The molecule has 7 heteroatoms. The molecule has 128 valence electrons. The molecule has 0 spiro atoms. The lowest BCUT2D eigenvalue weighted by atomic mass is 10.1. The smallest absolute Gasteiger partial charge is 0.255 e. The summed E-state index contributed by atoms with van der Waals surface area (Å²) in [4.78, 5) is 12.5. The van der Waals surface area contributed by atoms with Crippen molar-refractivity contribution in [3.8, 4) is 0 Å². The number of anilines is 1. The maximum absolute atomic E-state index is 13.1. The Bertz CT molecular complexity index is 879. The van der Waals surface area contributed by atoms with Crippen LogP contribution in [-0.4, -0.2) is 20.9 Å². The first-order valence-corrected chi connectivity index (χ1v) is 8.90. The van der Waals surface area contributed by atoms with Gasteiger partial charge in [-0.3, -0.25) is 4.79 Å². The second-order valence-electron chi connectivity index (χ2n) is 5.39. The predicted octanol–water partition coefficient (Wildman–Crippen LogP) is 2.99. The monoisotopic (exact) mass is 350 g/mol. The highest BCUT2D eigenvalue weighted by molar-refractivity contribution is 7.89. The number of hydrogen-bond donors (Lipinski definition) is 2. The van der Waals surface area contributed by atoms with Crippen molar-refractivity contribution in [2.24, 2.45) is 0 Å². The molecule has 0 aliphatic carbocycles. The summed E-state index contributed by atoms with van der Waals surface area (Å²) in [7, 11) is -3.65. The van der Waals surface area contributed by atoms with Crippen LogP contribution in [0.1, 0.15) is 28.4 Å². The summed E-state index contributed by atoms with van der Waals surface area (Å²) < 4.78 is 39.7. The van der Waals surface area contributed by atoms with E-state index in [0.717, 1.165) is 0 Å². The van der Waals surface area contributed by atoms with E-state index in [1.54, 1.807) is 26.8 Å². The van der Waals surface area contributed by atoms with Crippen LogP contribution in [0.25, 0.3) is 0 Å². The van der Waals surface area contributed by atoms with Crippen molar-refractivity contribution in [1.29, 1.82) is 0 Å². The van der Waals surface area contributed by atoms with Gasteiger partial charge >= 0.3 is 0 Å². The number of aryl methyl sites for hydroxylation is 2. The minimum atomic E-state index is -3.65. The van der Waals surface area contributed by atoms with Gasteiger partial charge in [-0.15, -0.1) is 0 Å². The van der Waals surface area contributed by atoms with Gasteiger partial charge in [-0.25, -0.2) is 17.5 Å². The zero-order valence-corrected chi connectivity index (χ0v) is 14.5. The first-order chi connectivity index (χ1) is 11.2. The Balaban J connectivity index is 2.35. The minimum Gasteiger partial charge on any atom is -0.322 e. The van der Waals surface area contributed by atoms with Crippen molar-refractivity contribution in [3.63, 3.8) is 0 Å². The second-order valence-corrected chi connectivity index (χ2v) is 7.16. The summed E-state index contributed by atoms with van der Waals surface area (Å²) in [5, 5.41) is 2.68. The van der Waals surface area contributed by atoms with E-state index in [2.05, 4.69) is 10.0 Å². The zero-order valence-electron chi connectivity index (χ0n) is 13.7. The lowest BCUT2D eigenvalue weighted by molar-refractivity contribution is 0.102. The Labute approximate surface area is 141 Å². The van der Waals surface area contributed by atoms with Crippen molar-refractivity contribution in [3.05, 3.63) is 58.9 Å². The molecule has 0 aromatic heterocycles. The van der Waals surface area contributed by atoms with E-state index in [1.165, 1.54) is 30.3 Å². The Morgan fingerprint density at radius 2 is 1.79 bits per heavy atom. The molecule has 0 unspecified atom stereocenters.